The lowest BCUT2D eigenvalue weighted by molar-refractivity contribution is 0.394. The molecule has 1 saturated heterocycles. The van der Waals surface area contributed by atoms with Crippen LogP contribution in [0.4, 0.5) is 0 Å². The second-order valence-corrected chi connectivity index (χ2v) is 3.35. The van der Waals surface area contributed by atoms with E-state index in [1.54, 1.807) is 0 Å². The van der Waals surface area contributed by atoms with Gasteiger partial charge in [-0.25, -0.2) is 0 Å². The standard InChI is InChI=1S/C9H15N3/c1-3-8-6(2)12-5-7(4-10)9(8)11/h6-8,11-12H,3,5H2,1-2H3. The molecule has 3 atom stereocenters. The number of nitrogens with one attached hydrogen (secondary N) is 2. The third kappa shape index (κ3) is 1.49. The molecule has 66 valence electrons. The molecular weight excluding hydrogens is 150 g/mol. The van der Waals surface area contributed by atoms with Gasteiger partial charge in [-0.1, -0.05) is 6.92 Å². The number of nitrogens with zero attached hydrogens (tertiary/aromatic N) is 1. The summed E-state index contributed by atoms with van der Waals surface area (Å²) in [5.41, 5.74) is 0.617. The predicted octanol–water partition coefficient (Wildman–Crippen LogP) is 1.16. The Bertz CT molecular complexity index is 216. The van der Waals surface area contributed by atoms with Crippen LogP contribution in [0, 0.1) is 28.6 Å². The van der Waals surface area contributed by atoms with E-state index in [2.05, 4.69) is 25.2 Å². The van der Waals surface area contributed by atoms with Crippen molar-refractivity contribution in [3.63, 3.8) is 0 Å². The quantitative estimate of drug-likeness (QED) is 0.612. The van der Waals surface area contributed by atoms with Crippen LogP contribution in [0.2, 0.25) is 0 Å². The van der Waals surface area contributed by atoms with E-state index < -0.39 is 0 Å². The molecule has 1 aliphatic heterocycles. The first kappa shape index (κ1) is 9.21. The van der Waals surface area contributed by atoms with Gasteiger partial charge in [0.2, 0.25) is 0 Å². The van der Waals surface area contributed by atoms with Crippen LogP contribution in [0.15, 0.2) is 0 Å². The van der Waals surface area contributed by atoms with Crippen molar-refractivity contribution >= 4 is 5.71 Å². The van der Waals surface area contributed by atoms with E-state index in [0.717, 1.165) is 6.42 Å². The van der Waals surface area contributed by atoms with Crippen LogP contribution < -0.4 is 5.32 Å². The number of hydrogen-bond acceptors (Lipinski definition) is 3. The third-order valence-electron chi connectivity index (χ3n) is 2.62. The monoisotopic (exact) mass is 165 g/mol. The average molecular weight is 165 g/mol. The summed E-state index contributed by atoms with van der Waals surface area (Å²) >= 11 is 0. The van der Waals surface area contributed by atoms with Gasteiger partial charge in [0.25, 0.3) is 0 Å². The van der Waals surface area contributed by atoms with Crippen LogP contribution in [-0.2, 0) is 0 Å². The summed E-state index contributed by atoms with van der Waals surface area (Å²) in [6.07, 6.45) is 0.950. The molecule has 0 radical (unpaired) electrons. The van der Waals surface area contributed by atoms with Crippen molar-refractivity contribution in [3.05, 3.63) is 0 Å². The molecule has 0 aromatic rings. The summed E-state index contributed by atoms with van der Waals surface area (Å²) in [6.45, 7) is 4.79. The lowest BCUT2D eigenvalue weighted by atomic mass is 9.82. The van der Waals surface area contributed by atoms with E-state index in [1.807, 2.05) is 0 Å². The second kappa shape index (κ2) is 3.68. The lowest BCUT2D eigenvalue weighted by Gasteiger charge is -2.32. The predicted molar refractivity (Wildman–Crippen MR) is 48.1 cm³/mol. The van der Waals surface area contributed by atoms with Crippen molar-refractivity contribution in [2.75, 3.05) is 6.54 Å². The highest BCUT2D eigenvalue weighted by atomic mass is 14.9. The summed E-state index contributed by atoms with van der Waals surface area (Å²) in [5.74, 6) is 0.0505. The molecule has 1 rings (SSSR count). The summed E-state index contributed by atoms with van der Waals surface area (Å²) in [4.78, 5) is 0. The van der Waals surface area contributed by atoms with Gasteiger partial charge >= 0.3 is 0 Å². The van der Waals surface area contributed by atoms with Crippen LogP contribution in [0.25, 0.3) is 0 Å². The lowest BCUT2D eigenvalue weighted by Crippen LogP contribution is -2.49. The van der Waals surface area contributed by atoms with Crippen molar-refractivity contribution in [1.29, 1.82) is 10.7 Å². The first-order valence-electron chi connectivity index (χ1n) is 4.42. The Morgan fingerprint density at radius 2 is 2.42 bits per heavy atom. The van der Waals surface area contributed by atoms with Crippen molar-refractivity contribution in [2.24, 2.45) is 11.8 Å². The summed E-state index contributed by atoms with van der Waals surface area (Å²) in [7, 11) is 0. The minimum absolute atomic E-state index is 0.203. The second-order valence-electron chi connectivity index (χ2n) is 3.35. The van der Waals surface area contributed by atoms with Crippen molar-refractivity contribution in [3.8, 4) is 6.07 Å². The van der Waals surface area contributed by atoms with Gasteiger partial charge in [0.1, 0.15) is 0 Å². The molecule has 3 unspecified atom stereocenters. The molecular formula is C9H15N3. The Kier molecular flexibility index (Phi) is 2.83. The number of nitriles is 1. The zero-order chi connectivity index (χ0) is 9.14. The molecule has 1 aliphatic rings. The van der Waals surface area contributed by atoms with Gasteiger partial charge in [-0.3, -0.25) is 0 Å². The molecule has 0 aromatic heterocycles. The highest BCUT2D eigenvalue weighted by molar-refractivity contribution is 5.89. The molecule has 0 aliphatic carbocycles. The van der Waals surface area contributed by atoms with Crippen molar-refractivity contribution in [1.82, 2.24) is 5.32 Å². The number of piperidine rings is 1. The Morgan fingerprint density at radius 1 is 1.75 bits per heavy atom. The zero-order valence-corrected chi connectivity index (χ0v) is 7.59. The van der Waals surface area contributed by atoms with E-state index in [9.17, 15) is 0 Å². The summed E-state index contributed by atoms with van der Waals surface area (Å²) in [6, 6.07) is 2.51. The molecule has 0 aromatic carbocycles. The fourth-order valence-corrected chi connectivity index (χ4v) is 1.77. The van der Waals surface area contributed by atoms with Gasteiger partial charge in [0, 0.05) is 24.2 Å². The smallest absolute Gasteiger partial charge is 0.0966 e. The number of rotatable bonds is 1. The minimum Gasteiger partial charge on any atom is -0.312 e. The molecule has 3 heteroatoms. The maximum Gasteiger partial charge on any atom is 0.0966 e. The van der Waals surface area contributed by atoms with Crippen LogP contribution in [0.1, 0.15) is 20.3 Å². The van der Waals surface area contributed by atoms with Gasteiger partial charge in [0.05, 0.1) is 12.0 Å². The van der Waals surface area contributed by atoms with E-state index >= 15 is 0 Å². The zero-order valence-electron chi connectivity index (χ0n) is 7.59. The molecule has 3 nitrogen and oxygen atoms in total. The molecule has 0 saturated carbocycles. The van der Waals surface area contributed by atoms with Crippen LogP contribution in [-0.4, -0.2) is 18.3 Å². The summed E-state index contributed by atoms with van der Waals surface area (Å²) in [5, 5.41) is 19.8. The summed E-state index contributed by atoms with van der Waals surface area (Å²) < 4.78 is 0. The van der Waals surface area contributed by atoms with Crippen LogP contribution in [0.3, 0.4) is 0 Å². The van der Waals surface area contributed by atoms with E-state index in [-0.39, 0.29) is 11.8 Å². The topological polar surface area (TPSA) is 59.7 Å². The molecule has 2 N–H and O–H groups in total. The van der Waals surface area contributed by atoms with E-state index in [1.165, 1.54) is 0 Å². The highest BCUT2D eigenvalue weighted by Gasteiger charge is 2.31. The number of hydrogen-bond donors (Lipinski definition) is 2. The fourth-order valence-electron chi connectivity index (χ4n) is 1.77. The van der Waals surface area contributed by atoms with Gasteiger partial charge < -0.3 is 10.7 Å². The Morgan fingerprint density at radius 3 is 2.92 bits per heavy atom. The third-order valence-corrected chi connectivity index (χ3v) is 2.62. The molecule has 0 bridgehead atoms. The average Bonchev–Trinajstić information content (AvgIpc) is 2.06. The van der Waals surface area contributed by atoms with Crippen LogP contribution >= 0.6 is 0 Å². The minimum atomic E-state index is -0.203. The Balaban J connectivity index is 2.71. The van der Waals surface area contributed by atoms with Crippen molar-refractivity contribution in [2.45, 2.75) is 26.3 Å². The van der Waals surface area contributed by atoms with E-state index in [0.29, 0.717) is 18.3 Å². The maximum absolute atomic E-state index is 8.73. The van der Waals surface area contributed by atoms with Gasteiger partial charge in [-0.15, -0.1) is 0 Å². The largest absolute Gasteiger partial charge is 0.312 e. The van der Waals surface area contributed by atoms with Gasteiger partial charge in [-0.2, -0.15) is 5.26 Å². The SMILES string of the molecule is CCC1C(=N)C(C#N)CNC1C. The highest BCUT2D eigenvalue weighted by Crippen LogP contribution is 2.19. The van der Waals surface area contributed by atoms with Crippen molar-refractivity contribution < 1.29 is 0 Å². The molecule has 0 amide bonds. The van der Waals surface area contributed by atoms with E-state index in [4.69, 9.17) is 10.7 Å². The Labute approximate surface area is 73.3 Å². The normalized spacial score (nSPS) is 36.1. The first-order valence-corrected chi connectivity index (χ1v) is 4.42. The molecule has 0 spiro atoms. The molecule has 1 heterocycles. The fraction of sp³-hybridized carbons (Fsp3) is 0.778. The van der Waals surface area contributed by atoms with Crippen LogP contribution in [0.5, 0.6) is 0 Å². The maximum atomic E-state index is 8.73. The van der Waals surface area contributed by atoms with Gasteiger partial charge in [0.15, 0.2) is 0 Å². The Hall–Kier alpha value is -0.880. The molecule has 12 heavy (non-hydrogen) atoms. The first-order chi connectivity index (χ1) is 5.70. The van der Waals surface area contributed by atoms with Gasteiger partial charge in [-0.05, 0) is 13.3 Å². The molecule has 1 fully saturated rings.